The molecule has 4 nitrogen and oxygen atoms in total. The second-order valence-corrected chi connectivity index (χ2v) is 6.30. The maximum Gasteiger partial charge on any atom is 0.222 e. The summed E-state index contributed by atoms with van der Waals surface area (Å²) < 4.78 is 13.0. The molecule has 1 N–H and O–H groups in total. The van der Waals surface area contributed by atoms with Crippen molar-refractivity contribution in [2.75, 3.05) is 13.1 Å². The minimum Gasteiger partial charge on any atom is -0.342 e. The number of rotatable bonds is 4. The van der Waals surface area contributed by atoms with Crippen LogP contribution >= 0.6 is 0 Å². The number of hydrogen-bond donors (Lipinski definition) is 1. The maximum absolute atomic E-state index is 13.0. The van der Waals surface area contributed by atoms with E-state index in [0.717, 1.165) is 42.0 Å². The van der Waals surface area contributed by atoms with Gasteiger partial charge in [-0.05, 0) is 43.5 Å². The minimum absolute atomic E-state index is 0.176. The van der Waals surface area contributed by atoms with E-state index in [-0.39, 0.29) is 11.7 Å². The van der Waals surface area contributed by atoms with Crippen LogP contribution in [0, 0.1) is 19.7 Å². The van der Waals surface area contributed by atoms with E-state index in [1.807, 2.05) is 30.9 Å². The number of carbonyl (C=O) groups is 1. The number of aromatic amines is 1. The Morgan fingerprint density at radius 2 is 2.09 bits per heavy atom. The summed E-state index contributed by atoms with van der Waals surface area (Å²) in [7, 11) is 0. The van der Waals surface area contributed by atoms with Gasteiger partial charge in [0.05, 0.1) is 5.69 Å². The van der Waals surface area contributed by atoms with Crippen LogP contribution in [0.15, 0.2) is 24.3 Å². The monoisotopic (exact) mass is 315 g/mol. The molecule has 1 fully saturated rings. The van der Waals surface area contributed by atoms with Crippen LogP contribution in [0.1, 0.15) is 41.3 Å². The highest BCUT2D eigenvalue weighted by atomic mass is 19.1. The molecule has 0 bridgehead atoms. The Hall–Kier alpha value is -2.17. The second-order valence-electron chi connectivity index (χ2n) is 6.30. The van der Waals surface area contributed by atoms with Crippen molar-refractivity contribution in [1.82, 2.24) is 15.1 Å². The van der Waals surface area contributed by atoms with Gasteiger partial charge in [-0.2, -0.15) is 5.10 Å². The van der Waals surface area contributed by atoms with Crippen molar-refractivity contribution in [2.24, 2.45) is 0 Å². The van der Waals surface area contributed by atoms with E-state index < -0.39 is 0 Å². The molecule has 23 heavy (non-hydrogen) atoms. The van der Waals surface area contributed by atoms with E-state index >= 15 is 0 Å². The standard InChI is InChI=1S/C18H22FN3O/c1-12-13(2)20-21-17(12)7-8-18(23)22-10-9-15(11-22)14-3-5-16(19)6-4-14/h3-6,15H,7-11H2,1-2H3,(H,20,21)/t15-/m0/s1. The SMILES string of the molecule is Cc1[nH]nc(CCC(=O)N2CC[C@H](c3ccc(F)cc3)C2)c1C. The van der Waals surface area contributed by atoms with Crippen LogP contribution in [-0.4, -0.2) is 34.1 Å². The fourth-order valence-corrected chi connectivity index (χ4v) is 3.16. The Balaban J connectivity index is 1.55. The van der Waals surface area contributed by atoms with E-state index in [1.54, 1.807) is 0 Å². The van der Waals surface area contributed by atoms with Crippen molar-refractivity contribution < 1.29 is 9.18 Å². The molecule has 1 aliphatic heterocycles. The molecule has 0 aliphatic carbocycles. The van der Waals surface area contributed by atoms with Crippen LogP contribution in [0.4, 0.5) is 4.39 Å². The zero-order chi connectivity index (χ0) is 16.4. The summed E-state index contributed by atoms with van der Waals surface area (Å²) in [4.78, 5) is 14.3. The molecule has 122 valence electrons. The fourth-order valence-electron chi connectivity index (χ4n) is 3.16. The van der Waals surface area contributed by atoms with Crippen LogP contribution in [0.3, 0.4) is 0 Å². The first-order chi connectivity index (χ1) is 11.0. The summed E-state index contributed by atoms with van der Waals surface area (Å²) in [6.45, 7) is 5.52. The fraction of sp³-hybridized carbons (Fsp3) is 0.444. The zero-order valence-electron chi connectivity index (χ0n) is 13.6. The number of aryl methyl sites for hydroxylation is 2. The number of benzene rings is 1. The van der Waals surface area contributed by atoms with Gasteiger partial charge >= 0.3 is 0 Å². The lowest BCUT2D eigenvalue weighted by Crippen LogP contribution is -2.28. The summed E-state index contributed by atoms with van der Waals surface area (Å²) >= 11 is 0. The smallest absolute Gasteiger partial charge is 0.222 e. The predicted octanol–water partition coefficient (Wildman–Crippen LogP) is 3.11. The quantitative estimate of drug-likeness (QED) is 0.942. The largest absolute Gasteiger partial charge is 0.342 e. The first kappa shape index (κ1) is 15.7. The molecule has 1 atom stereocenters. The summed E-state index contributed by atoms with van der Waals surface area (Å²) in [6.07, 6.45) is 2.10. The molecule has 1 aromatic heterocycles. The lowest BCUT2D eigenvalue weighted by atomic mass is 9.99. The number of amides is 1. The van der Waals surface area contributed by atoms with Crippen LogP contribution in [0.2, 0.25) is 0 Å². The molecule has 2 aromatic rings. The lowest BCUT2D eigenvalue weighted by molar-refractivity contribution is -0.130. The number of carbonyl (C=O) groups excluding carboxylic acids is 1. The number of nitrogens with zero attached hydrogens (tertiary/aromatic N) is 2. The second kappa shape index (κ2) is 6.52. The molecule has 5 heteroatoms. The van der Waals surface area contributed by atoms with E-state index in [0.29, 0.717) is 18.8 Å². The predicted molar refractivity (Wildman–Crippen MR) is 86.7 cm³/mol. The van der Waals surface area contributed by atoms with Crippen molar-refractivity contribution in [3.63, 3.8) is 0 Å². The zero-order valence-corrected chi connectivity index (χ0v) is 13.6. The van der Waals surface area contributed by atoms with Crippen molar-refractivity contribution in [3.05, 3.63) is 52.6 Å². The molecule has 0 spiro atoms. The van der Waals surface area contributed by atoms with E-state index in [1.165, 1.54) is 12.1 Å². The molecule has 1 aromatic carbocycles. The number of halogens is 1. The van der Waals surface area contributed by atoms with E-state index in [9.17, 15) is 9.18 Å². The summed E-state index contributed by atoms with van der Waals surface area (Å²) in [5, 5.41) is 7.21. The van der Waals surface area contributed by atoms with Gasteiger partial charge in [0.15, 0.2) is 0 Å². The van der Waals surface area contributed by atoms with Crippen LogP contribution in [0.5, 0.6) is 0 Å². The average Bonchev–Trinajstić information content (AvgIpc) is 3.15. The lowest BCUT2D eigenvalue weighted by Gasteiger charge is -2.16. The van der Waals surface area contributed by atoms with Gasteiger partial charge in [0.1, 0.15) is 5.82 Å². The number of aromatic nitrogens is 2. The van der Waals surface area contributed by atoms with Crippen LogP contribution < -0.4 is 0 Å². The highest BCUT2D eigenvalue weighted by Crippen LogP contribution is 2.27. The molecule has 2 heterocycles. The maximum atomic E-state index is 13.0. The molecule has 1 aliphatic rings. The highest BCUT2D eigenvalue weighted by molar-refractivity contribution is 5.76. The van der Waals surface area contributed by atoms with Crippen LogP contribution in [0.25, 0.3) is 0 Å². The topological polar surface area (TPSA) is 49.0 Å². The average molecular weight is 315 g/mol. The van der Waals surface area contributed by atoms with Gasteiger partial charge in [0, 0.05) is 37.5 Å². The van der Waals surface area contributed by atoms with E-state index in [4.69, 9.17) is 0 Å². The van der Waals surface area contributed by atoms with Gasteiger partial charge in [-0.15, -0.1) is 0 Å². The number of likely N-dealkylation sites (tertiary alicyclic amines) is 1. The molecule has 0 radical (unpaired) electrons. The summed E-state index contributed by atoms with van der Waals surface area (Å²) in [5.41, 5.74) is 4.29. The van der Waals surface area contributed by atoms with Gasteiger partial charge in [-0.25, -0.2) is 4.39 Å². The third-order valence-corrected chi connectivity index (χ3v) is 4.81. The Kier molecular flexibility index (Phi) is 4.46. The summed E-state index contributed by atoms with van der Waals surface area (Å²) in [5.74, 6) is 0.271. The third-order valence-electron chi connectivity index (χ3n) is 4.81. The number of H-pyrrole nitrogens is 1. The Morgan fingerprint density at radius 1 is 1.35 bits per heavy atom. The van der Waals surface area contributed by atoms with Crippen molar-refractivity contribution in [1.29, 1.82) is 0 Å². The molecular weight excluding hydrogens is 293 g/mol. The van der Waals surface area contributed by atoms with Crippen molar-refractivity contribution >= 4 is 5.91 Å². The summed E-state index contributed by atoms with van der Waals surface area (Å²) in [6, 6.07) is 6.62. The molecule has 0 unspecified atom stereocenters. The Morgan fingerprint density at radius 3 is 2.74 bits per heavy atom. The van der Waals surface area contributed by atoms with E-state index in [2.05, 4.69) is 10.2 Å². The van der Waals surface area contributed by atoms with Gasteiger partial charge in [-0.3, -0.25) is 9.89 Å². The molecule has 1 amide bonds. The Labute approximate surface area is 135 Å². The first-order valence-electron chi connectivity index (χ1n) is 8.08. The van der Waals surface area contributed by atoms with Gasteiger partial charge in [0.25, 0.3) is 0 Å². The Bertz CT molecular complexity index is 693. The molecular formula is C18H22FN3O. The van der Waals surface area contributed by atoms with Crippen LogP contribution in [-0.2, 0) is 11.2 Å². The number of nitrogens with one attached hydrogen (secondary N) is 1. The van der Waals surface area contributed by atoms with Gasteiger partial charge < -0.3 is 4.90 Å². The normalized spacial score (nSPS) is 17.7. The highest BCUT2D eigenvalue weighted by Gasteiger charge is 2.27. The van der Waals surface area contributed by atoms with Gasteiger partial charge in [-0.1, -0.05) is 12.1 Å². The van der Waals surface area contributed by atoms with Crippen molar-refractivity contribution in [2.45, 2.75) is 39.0 Å². The third kappa shape index (κ3) is 3.44. The molecule has 0 saturated carbocycles. The van der Waals surface area contributed by atoms with Crippen molar-refractivity contribution in [3.8, 4) is 0 Å². The first-order valence-corrected chi connectivity index (χ1v) is 8.08. The molecule has 1 saturated heterocycles. The van der Waals surface area contributed by atoms with Gasteiger partial charge in [0.2, 0.25) is 5.91 Å². The number of hydrogen-bond acceptors (Lipinski definition) is 2. The minimum atomic E-state index is -0.218. The molecule has 3 rings (SSSR count).